The zero-order valence-corrected chi connectivity index (χ0v) is 13.1. The van der Waals surface area contributed by atoms with Crippen molar-refractivity contribution in [1.82, 2.24) is 4.90 Å². The number of benzene rings is 1. The summed E-state index contributed by atoms with van der Waals surface area (Å²) >= 11 is 5.83. The molecule has 0 radical (unpaired) electrons. The molecule has 2 unspecified atom stereocenters. The molecule has 21 heavy (non-hydrogen) atoms. The Morgan fingerprint density at radius 1 is 1.43 bits per heavy atom. The van der Waals surface area contributed by atoms with E-state index in [4.69, 9.17) is 11.6 Å². The summed E-state index contributed by atoms with van der Waals surface area (Å²) in [7, 11) is 0. The van der Waals surface area contributed by atoms with Gasteiger partial charge in [0.2, 0.25) is 5.91 Å². The number of carbonyl (C=O) groups is 1. The monoisotopic (exact) mass is 310 g/mol. The maximum absolute atomic E-state index is 12.1. The molecule has 0 saturated carbocycles. The van der Waals surface area contributed by atoms with E-state index in [0.717, 1.165) is 31.5 Å². The zero-order valence-electron chi connectivity index (χ0n) is 12.4. The number of carbonyl (C=O) groups excluding carboxylic acids is 1. The number of hydrogen-bond donors (Lipinski definition) is 2. The van der Waals surface area contributed by atoms with E-state index in [9.17, 15) is 9.90 Å². The summed E-state index contributed by atoms with van der Waals surface area (Å²) in [6.07, 6.45) is 3.75. The molecule has 1 aliphatic heterocycles. The third-order valence-corrected chi connectivity index (χ3v) is 4.09. The van der Waals surface area contributed by atoms with Crippen molar-refractivity contribution in [3.8, 4) is 0 Å². The molecular formula is C16H23ClN2O2. The average molecular weight is 311 g/mol. The Morgan fingerprint density at radius 2 is 2.14 bits per heavy atom. The van der Waals surface area contributed by atoms with E-state index < -0.39 is 0 Å². The van der Waals surface area contributed by atoms with Crippen molar-refractivity contribution in [2.24, 2.45) is 0 Å². The Hall–Kier alpha value is -1.10. The lowest BCUT2D eigenvalue weighted by Gasteiger charge is -2.35. The maximum atomic E-state index is 12.1. The van der Waals surface area contributed by atoms with Gasteiger partial charge in [-0.3, -0.25) is 9.69 Å². The molecule has 2 rings (SSSR count). The SMILES string of the molecule is CC(O)CC1CCCCN1CC(=O)Nc1ccc(Cl)cc1. The molecule has 5 heteroatoms. The van der Waals surface area contributed by atoms with Crippen LogP contribution >= 0.6 is 11.6 Å². The second-order valence-electron chi connectivity index (χ2n) is 5.76. The van der Waals surface area contributed by atoms with Crippen molar-refractivity contribution in [2.75, 3.05) is 18.4 Å². The van der Waals surface area contributed by atoms with Gasteiger partial charge in [-0.05, 0) is 57.0 Å². The van der Waals surface area contributed by atoms with Crippen LogP contribution in [0.2, 0.25) is 5.02 Å². The van der Waals surface area contributed by atoms with Crippen LogP contribution < -0.4 is 5.32 Å². The predicted octanol–water partition coefficient (Wildman–Crippen LogP) is 2.90. The number of piperidine rings is 1. The predicted molar refractivity (Wildman–Crippen MR) is 85.6 cm³/mol. The molecule has 4 nitrogen and oxygen atoms in total. The summed E-state index contributed by atoms with van der Waals surface area (Å²) in [5, 5.41) is 13.1. The third kappa shape index (κ3) is 5.30. The van der Waals surface area contributed by atoms with Crippen molar-refractivity contribution in [2.45, 2.75) is 44.8 Å². The standard InChI is InChI=1S/C16H23ClN2O2/c1-12(20)10-15-4-2-3-9-19(15)11-16(21)18-14-7-5-13(17)6-8-14/h5-8,12,15,20H,2-4,9-11H2,1H3,(H,18,21). The number of rotatable bonds is 5. The maximum Gasteiger partial charge on any atom is 0.238 e. The molecule has 1 amide bonds. The quantitative estimate of drug-likeness (QED) is 0.879. The number of aliphatic hydroxyl groups excluding tert-OH is 1. The Bertz CT molecular complexity index is 462. The molecule has 0 aromatic heterocycles. The molecule has 1 aromatic carbocycles. The second-order valence-corrected chi connectivity index (χ2v) is 6.20. The van der Waals surface area contributed by atoms with Gasteiger partial charge in [-0.2, -0.15) is 0 Å². The van der Waals surface area contributed by atoms with Crippen LogP contribution in [-0.2, 0) is 4.79 Å². The molecule has 0 aliphatic carbocycles. The summed E-state index contributed by atoms with van der Waals surface area (Å²) in [6, 6.07) is 7.41. The second kappa shape index (κ2) is 7.78. The first-order valence-electron chi connectivity index (χ1n) is 7.52. The van der Waals surface area contributed by atoms with E-state index in [2.05, 4.69) is 10.2 Å². The number of halogens is 1. The van der Waals surface area contributed by atoms with Gasteiger partial charge < -0.3 is 10.4 Å². The first-order chi connectivity index (χ1) is 10.0. The van der Waals surface area contributed by atoms with Crippen LogP contribution in [0.3, 0.4) is 0 Å². The fraction of sp³-hybridized carbons (Fsp3) is 0.562. The number of nitrogens with zero attached hydrogens (tertiary/aromatic N) is 1. The van der Waals surface area contributed by atoms with Gasteiger partial charge in [0.15, 0.2) is 0 Å². The van der Waals surface area contributed by atoms with E-state index in [1.54, 1.807) is 31.2 Å². The van der Waals surface area contributed by atoms with Crippen LogP contribution in [0, 0.1) is 0 Å². The Morgan fingerprint density at radius 3 is 2.81 bits per heavy atom. The lowest BCUT2D eigenvalue weighted by atomic mass is 9.97. The van der Waals surface area contributed by atoms with E-state index in [0.29, 0.717) is 17.6 Å². The van der Waals surface area contributed by atoms with Gasteiger partial charge in [-0.15, -0.1) is 0 Å². The molecule has 116 valence electrons. The van der Waals surface area contributed by atoms with Crippen molar-refractivity contribution >= 4 is 23.2 Å². The van der Waals surface area contributed by atoms with Gasteiger partial charge in [0, 0.05) is 16.8 Å². The van der Waals surface area contributed by atoms with E-state index in [-0.39, 0.29) is 12.0 Å². The van der Waals surface area contributed by atoms with Crippen molar-refractivity contribution < 1.29 is 9.90 Å². The number of nitrogens with one attached hydrogen (secondary N) is 1. The third-order valence-electron chi connectivity index (χ3n) is 3.84. The molecule has 1 heterocycles. The van der Waals surface area contributed by atoms with Gasteiger partial charge in [-0.25, -0.2) is 0 Å². The largest absolute Gasteiger partial charge is 0.393 e. The number of hydrogen-bond acceptors (Lipinski definition) is 3. The molecule has 0 bridgehead atoms. The number of amides is 1. The Kier molecular flexibility index (Phi) is 6.03. The lowest BCUT2D eigenvalue weighted by Crippen LogP contribution is -2.45. The first kappa shape index (κ1) is 16.3. The highest BCUT2D eigenvalue weighted by Gasteiger charge is 2.25. The van der Waals surface area contributed by atoms with E-state index in [1.165, 1.54) is 6.42 Å². The molecule has 2 N–H and O–H groups in total. The summed E-state index contributed by atoms with van der Waals surface area (Å²) in [6.45, 7) is 3.10. The minimum Gasteiger partial charge on any atom is -0.393 e. The zero-order chi connectivity index (χ0) is 15.2. The molecule has 1 aromatic rings. The van der Waals surface area contributed by atoms with Crippen LogP contribution in [-0.4, -0.2) is 41.1 Å². The molecule has 0 spiro atoms. The summed E-state index contributed by atoms with van der Waals surface area (Å²) < 4.78 is 0. The summed E-state index contributed by atoms with van der Waals surface area (Å²) in [5.74, 6) is -0.0187. The first-order valence-corrected chi connectivity index (χ1v) is 7.90. The van der Waals surface area contributed by atoms with Gasteiger partial charge in [0.05, 0.1) is 12.6 Å². The highest BCUT2D eigenvalue weighted by atomic mass is 35.5. The highest BCUT2D eigenvalue weighted by molar-refractivity contribution is 6.30. The van der Waals surface area contributed by atoms with Crippen molar-refractivity contribution in [3.05, 3.63) is 29.3 Å². The molecule has 2 atom stereocenters. The van der Waals surface area contributed by atoms with Gasteiger partial charge in [-0.1, -0.05) is 18.0 Å². The molecule has 1 fully saturated rings. The Labute approximate surface area is 131 Å². The summed E-state index contributed by atoms with van der Waals surface area (Å²) in [5.41, 5.74) is 0.758. The van der Waals surface area contributed by atoms with Crippen molar-refractivity contribution in [3.63, 3.8) is 0 Å². The van der Waals surface area contributed by atoms with E-state index >= 15 is 0 Å². The molecular weight excluding hydrogens is 288 g/mol. The topological polar surface area (TPSA) is 52.6 Å². The normalized spacial score (nSPS) is 21.0. The van der Waals surface area contributed by atoms with Crippen LogP contribution in [0.15, 0.2) is 24.3 Å². The average Bonchev–Trinajstić information content (AvgIpc) is 2.43. The van der Waals surface area contributed by atoms with Crippen molar-refractivity contribution in [1.29, 1.82) is 0 Å². The number of anilines is 1. The number of likely N-dealkylation sites (tertiary alicyclic amines) is 1. The van der Waals surface area contributed by atoms with E-state index in [1.807, 2.05) is 0 Å². The Balaban J connectivity index is 1.89. The van der Waals surface area contributed by atoms with Gasteiger partial charge in [0.25, 0.3) is 0 Å². The fourth-order valence-corrected chi connectivity index (χ4v) is 2.97. The molecule has 1 aliphatic rings. The fourth-order valence-electron chi connectivity index (χ4n) is 2.85. The lowest BCUT2D eigenvalue weighted by molar-refractivity contribution is -0.118. The minimum absolute atomic E-state index is 0.0187. The van der Waals surface area contributed by atoms with Crippen LogP contribution in [0.25, 0.3) is 0 Å². The smallest absolute Gasteiger partial charge is 0.238 e. The summed E-state index contributed by atoms with van der Waals surface area (Å²) in [4.78, 5) is 14.3. The van der Waals surface area contributed by atoms with Crippen LogP contribution in [0.1, 0.15) is 32.6 Å². The minimum atomic E-state index is -0.324. The van der Waals surface area contributed by atoms with Gasteiger partial charge in [0.1, 0.15) is 0 Å². The highest BCUT2D eigenvalue weighted by Crippen LogP contribution is 2.21. The van der Waals surface area contributed by atoms with Gasteiger partial charge >= 0.3 is 0 Å². The number of aliphatic hydroxyl groups is 1. The van der Waals surface area contributed by atoms with Crippen LogP contribution in [0.5, 0.6) is 0 Å². The van der Waals surface area contributed by atoms with Crippen LogP contribution in [0.4, 0.5) is 5.69 Å². The molecule has 1 saturated heterocycles.